The van der Waals surface area contributed by atoms with Crippen LogP contribution in [0.15, 0.2) is 73.1 Å². The van der Waals surface area contributed by atoms with Crippen LogP contribution in [0, 0.1) is 0 Å². The van der Waals surface area contributed by atoms with E-state index < -0.39 is 5.97 Å². The number of aromatic carboxylic acids is 1. The lowest BCUT2D eigenvalue weighted by Gasteiger charge is -2.09. The number of ketones is 1. The van der Waals surface area contributed by atoms with Gasteiger partial charge in [0, 0.05) is 30.8 Å². The van der Waals surface area contributed by atoms with Crippen molar-refractivity contribution in [2.24, 2.45) is 0 Å². The molecule has 1 N–H and O–H groups in total. The lowest BCUT2D eigenvalue weighted by molar-refractivity contribution is 0.0697. The molecule has 4 rings (SSSR count). The number of aryl methyl sites for hydroxylation is 1. The molecule has 0 bridgehead atoms. The van der Waals surface area contributed by atoms with Gasteiger partial charge in [0.1, 0.15) is 5.82 Å². The highest BCUT2D eigenvalue weighted by Gasteiger charge is 2.17. The van der Waals surface area contributed by atoms with Gasteiger partial charge in [0.2, 0.25) is 11.6 Å². The van der Waals surface area contributed by atoms with Crippen LogP contribution in [0.3, 0.4) is 0 Å². The van der Waals surface area contributed by atoms with Crippen molar-refractivity contribution >= 4 is 11.8 Å². The van der Waals surface area contributed by atoms with Crippen molar-refractivity contribution in [1.29, 1.82) is 0 Å². The summed E-state index contributed by atoms with van der Waals surface area (Å²) in [5.74, 6) is -0.0314. The summed E-state index contributed by atoms with van der Waals surface area (Å²) >= 11 is 0. The predicted molar refractivity (Wildman–Crippen MR) is 133 cm³/mol. The molecule has 0 aliphatic carbocycles. The molecular formula is C28H28N4O3. The van der Waals surface area contributed by atoms with Gasteiger partial charge in [0.25, 0.3) is 0 Å². The molecule has 0 atom stereocenters. The molecule has 7 nitrogen and oxygen atoms in total. The number of carbonyl (C=O) groups is 2. The Morgan fingerprint density at radius 3 is 2.43 bits per heavy atom. The summed E-state index contributed by atoms with van der Waals surface area (Å²) in [6, 6.07) is 18.8. The maximum Gasteiger partial charge on any atom is 0.336 e. The molecule has 7 heteroatoms. The number of hydrogen-bond acceptors (Lipinski definition) is 5. The van der Waals surface area contributed by atoms with E-state index in [-0.39, 0.29) is 23.6 Å². The van der Waals surface area contributed by atoms with E-state index in [4.69, 9.17) is 0 Å². The number of carbonyl (C=O) groups excluding carboxylic acids is 1. The minimum Gasteiger partial charge on any atom is -0.478 e. The summed E-state index contributed by atoms with van der Waals surface area (Å²) in [5.41, 5.74) is 3.48. The zero-order chi connectivity index (χ0) is 24.6. The molecule has 35 heavy (non-hydrogen) atoms. The van der Waals surface area contributed by atoms with E-state index in [0.29, 0.717) is 12.1 Å². The average molecular weight is 469 g/mol. The van der Waals surface area contributed by atoms with Crippen LogP contribution in [0.2, 0.25) is 0 Å². The van der Waals surface area contributed by atoms with Crippen molar-refractivity contribution in [1.82, 2.24) is 19.7 Å². The number of rotatable bonds is 11. The number of nitrogens with zero attached hydrogens (tertiary/aromatic N) is 4. The van der Waals surface area contributed by atoms with Crippen LogP contribution in [0.25, 0.3) is 11.1 Å². The molecule has 0 amide bonds. The third-order valence-corrected chi connectivity index (χ3v) is 5.86. The van der Waals surface area contributed by atoms with E-state index in [9.17, 15) is 14.7 Å². The van der Waals surface area contributed by atoms with Crippen LogP contribution in [-0.4, -0.2) is 36.6 Å². The van der Waals surface area contributed by atoms with E-state index in [2.05, 4.69) is 22.0 Å². The number of carboxylic acids is 1. The molecule has 2 heterocycles. The first-order valence-electron chi connectivity index (χ1n) is 11.8. The van der Waals surface area contributed by atoms with Gasteiger partial charge in [-0.05, 0) is 29.2 Å². The highest BCUT2D eigenvalue weighted by molar-refractivity contribution is 5.95. The van der Waals surface area contributed by atoms with Gasteiger partial charge in [-0.15, -0.1) is 5.10 Å². The number of hydrogen-bond donors (Lipinski definition) is 1. The maximum absolute atomic E-state index is 12.9. The Hall–Kier alpha value is -4.13. The number of carboxylic acid groups (broad SMARTS) is 1. The Balaban J connectivity index is 1.55. The summed E-state index contributed by atoms with van der Waals surface area (Å²) in [5, 5.41) is 14.0. The third-order valence-electron chi connectivity index (χ3n) is 5.86. The van der Waals surface area contributed by atoms with Crippen LogP contribution in [0.4, 0.5) is 0 Å². The van der Waals surface area contributed by atoms with Gasteiger partial charge in [0.15, 0.2) is 0 Å². The fourth-order valence-corrected chi connectivity index (χ4v) is 3.97. The molecular weight excluding hydrogens is 440 g/mol. The second-order valence-electron chi connectivity index (χ2n) is 8.48. The topological polar surface area (TPSA) is 98.0 Å². The zero-order valence-corrected chi connectivity index (χ0v) is 19.7. The predicted octanol–water partition coefficient (Wildman–Crippen LogP) is 5.24. The molecule has 0 saturated heterocycles. The van der Waals surface area contributed by atoms with E-state index in [1.165, 1.54) is 12.3 Å². The molecule has 0 saturated carbocycles. The van der Waals surface area contributed by atoms with E-state index in [1.54, 1.807) is 6.20 Å². The highest BCUT2D eigenvalue weighted by Crippen LogP contribution is 2.23. The first kappa shape index (κ1) is 24.0. The lowest BCUT2D eigenvalue weighted by Crippen LogP contribution is -2.09. The highest BCUT2D eigenvalue weighted by atomic mass is 16.4. The van der Waals surface area contributed by atoms with Crippen molar-refractivity contribution in [3.05, 3.63) is 101 Å². The Morgan fingerprint density at radius 2 is 1.71 bits per heavy atom. The van der Waals surface area contributed by atoms with Crippen LogP contribution in [0.5, 0.6) is 0 Å². The average Bonchev–Trinajstić information content (AvgIpc) is 3.28. The summed E-state index contributed by atoms with van der Waals surface area (Å²) in [6.07, 6.45) is 7.24. The van der Waals surface area contributed by atoms with Crippen molar-refractivity contribution < 1.29 is 14.7 Å². The molecule has 0 aliphatic rings. The molecule has 0 aliphatic heterocycles. The second-order valence-corrected chi connectivity index (χ2v) is 8.48. The zero-order valence-electron chi connectivity index (χ0n) is 19.7. The summed E-state index contributed by atoms with van der Waals surface area (Å²) in [4.78, 5) is 33.1. The monoisotopic (exact) mass is 468 g/mol. The second kappa shape index (κ2) is 11.3. The first-order chi connectivity index (χ1) is 17.0. The molecule has 0 fully saturated rings. The van der Waals surface area contributed by atoms with Gasteiger partial charge in [0.05, 0.1) is 12.1 Å². The van der Waals surface area contributed by atoms with Gasteiger partial charge < -0.3 is 5.11 Å². The van der Waals surface area contributed by atoms with E-state index in [0.717, 1.165) is 48.2 Å². The van der Waals surface area contributed by atoms with Gasteiger partial charge in [-0.1, -0.05) is 74.4 Å². The maximum atomic E-state index is 12.9. The molecule has 0 spiro atoms. The third kappa shape index (κ3) is 6.06. The van der Waals surface area contributed by atoms with Gasteiger partial charge in [-0.3, -0.25) is 9.78 Å². The summed E-state index contributed by atoms with van der Waals surface area (Å²) in [6.45, 7) is 2.63. The Bertz CT molecular complexity index is 1300. The Labute approximate surface area is 204 Å². The number of unbranched alkanes of at least 4 members (excludes halogenated alkanes) is 2. The van der Waals surface area contributed by atoms with Gasteiger partial charge in [-0.25, -0.2) is 14.5 Å². The normalized spacial score (nSPS) is 10.9. The van der Waals surface area contributed by atoms with Crippen LogP contribution in [-0.2, 0) is 19.4 Å². The molecule has 0 radical (unpaired) electrons. The molecule has 2 aromatic heterocycles. The number of pyridine rings is 1. The van der Waals surface area contributed by atoms with Crippen LogP contribution >= 0.6 is 0 Å². The molecule has 0 unspecified atom stereocenters. The summed E-state index contributed by atoms with van der Waals surface area (Å²) in [7, 11) is 0. The molecule has 178 valence electrons. The van der Waals surface area contributed by atoms with E-state index >= 15 is 0 Å². The quantitative estimate of drug-likeness (QED) is 0.239. The minimum absolute atomic E-state index is 0.0974. The van der Waals surface area contributed by atoms with Crippen LogP contribution in [0.1, 0.15) is 64.1 Å². The Kier molecular flexibility index (Phi) is 7.77. The van der Waals surface area contributed by atoms with E-state index in [1.807, 2.05) is 59.3 Å². The fraction of sp³-hybridized carbons (Fsp3) is 0.250. The largest absolute Gasteiger partial charge is 0.478 e. The van der Waals surface area contributed by atoms with Crippen molar-refractivity contribution in [2.75, 3.05) is 0 Å². The first-order valence-corrected chi connectivity index (χ1v) is 11.8. The van der Waals surface area contributed by atoms with Crippen molar-refractivity contribution in [3.8, 4) is 11.1 Å². The van der Waals surface area contributed by atoms with Crippen LogP contribution < -0.4 is 0 Å². The number of Topliss-reactive ketones (excluding diaryl/α,β-unsaturated/α-hetero) is 1. The number of benzene rings is 2. The fourth-order valence-electron chi connectivity index (χ4n) is 3.97. The lowest BCUT2D eigenvalue weighted by atomic mass is 10.0. The van der Waals surface area contributed by atoms with Gasteiger partial charge >= 0.3 is 5.97 Å². The summed E-state index contributed by atoms with van der Waals surface area (Å²) < 4.78 is 1.82. The molecule has 2 aromatic carbocycles. The SMILES string of the molecule is CCCCCc1nc(C(=O)Cc2ccccc2)nn1Cc1ccc(-c2cnccc2C(=O)O)cc1. The minimum atomic E-state index is -0.987. The van der Waals surface area contributed by atoms with Gasteiger partial charge in [-0.2, -0.15) is 0 Å². The molecule has 4 aromatic rings. The van der Waals surface area contributed by atoms with Crippen molar-refractivity contribution in [3.63, 3.8) is 0 Å². The number of aromatic nitrogens is 4. The Morgan fingerprint density at radius 1 is 0.943 bits per heavy atom. The standard InChI is InChI=1S/C28H28N4O3/c1-2-3-5-10-26-30-27(25(33)17-20-8-6-4-7-9-20)31-32(26)19-21-11-13-22(14-12-21)24-18-29-16-15-23(24)28(34)35/h4,6-9,11-16,18H,2-3,5,10,17,19H2,1H3,(H,34,35). The van der Waals surface area contributed by atoms with Crippen molar-refractivity contribution in [2.45, 2.75) is 45.6 Å². The smallest absolute Gasteiger partial charge is 0.336 e.